The second kappa shape index (κ2) is 11.5. The minimum absolute atomic E-state index is 0.0144. The number of anilines is 1. The van der Waals surface area contributed by atoms with Crippen LogP contribution in [-0.4, -0.2) is 59.6 Å². The molecule has 1 unspecified atom stereocenters. The van der Waals surface area contributed by atoms with Crippen LogP contribution in [0.15, 0.2) is 36.4 Å². The van der Waals surface area contributed by atoms with Crippen molar-refractivity contribution >= 4 is 46.5 Å². The zero-order valence-corrected chi connectivity index (χ0v) is 21.7. The molecule has 2 fully saturated rings. The molecule has 184 valence electrons. The van der Waals surface area contributed by atoms with E-state index in [1.54, 1.807) is 6.07 Å². The molecule has 0 spiro atoms. The Morgan fingerprint density at radius 1 is 1.06 bits per heavy atom. The molecule has 4 rings (SSSR count). The Morgan fingerprint density at radius 3 is 2.53 bits per heavy atom. The summed E-state index contributed by atoms with van der Waals surface area (Å²) in [6, 6.07) is 12.3. The summed E-state index contributed by atoms with van der Waals surface area (Å²) in [6.07, 6.45) is 4.41. The first kappa shape index (κ1) is 25.6. The molecule has 8 heteroatoms. The molecule has 2 N–H and O–H groups in total. The van der Waals surface area contributed by atoms with Gasteiger partial charge < -0.3 is 10.4 Å². The fourth-order valence-corrected chi connectivity index (χ4v) is 6.08. The van der Waals surface area contributed by atoms with Crippen molar-refractivity contribution in [1.29, 1.82) is 0 Å². The normalized spacial score (nSPS) is 21.4. The van der Waals surface area contributed by atoms with Gasteiger partial charge in [-0.15, -0.1) is 0 Å². The Balaban J connectivity index is 1.37. The van der Waals surface area contributed by atoms with Crippen molar-refractivity contribution in [2.24, 2.45) is 0 Å². The van der Waals surface area contributed by atoms with Crippen molar-refractivity contribution in [3.05, 3.63) is 62.6 Å². The third-order valence-corrected chi connectivity index (χ3v) is 8.04. The van der Waals surface area contributed by atoms with E-state index in [1.165, 1.54) is 5.56 Å². The molecule has 0 saturated carbocycles. The van der Waals surface area contributed by atoms with Crippen LogP contribution < -0.4 is 5.32 Å². The van der Waals surface area contributed by atoms with Crippen molar-refractivity contribution in [3.8, 4) is 0 Å². The Labute approximate surface area is 217 Å². The number of piperidine rings is 2. The van der Waals surface area contributed by atoms with Crippen LogP contribution in [0, 0.1) is 0 Å². The Morgan fingerprint density at radius 2 is 1.82 bits per heavy atom. The number of carbonyl (C=O) groups is 1. The fourth-order valence-electron chi connectivity index (χ4n) is 5.33. The van der Waals surface area contributed by atoms with Gasteiger partial charge in [-0.1, -0.05) is 46.9 Å². The lowest BCUT2D eigenvalue weighted by Crippen LogP contribution is -2.51. The summed E-state index contributed by atoms with van der Waals surface area (Å²) in [4.78, 5) is 15.7. The van der Waals surface area contributed by atoms with Crippen molar-refractivity contribution in [2.75, 3.05) is 38.0 Å². The highest BCUT2D eigenvalue weighted by molar-refractivity contribution is 6.35. The smallest absolute Gasteiger partial charge is 0.317 e. The van der Waals surface area contributed by atoms with E-state index in [1.807, 2.05) is 18.2 Å². The first-order valence-corrected chi connectivity index (χ1v) is 13.1. The molecule has 0 aliphatic carbocycles. The average Bonchev–Trinajstić information content (AvgIpc) is 2.80. The summed E-state index contributed by atoms with van der Waals surface area (Å²) < 4.78 is 0. The third-order valence-electron chi connectivity index (χ3n) is 7.15. The van der Waals surface area contributed by atoms with Gasteiger partial charge in [-0.3, -0.25) is 14.6 Å². The summed E-state index contributed by atoms with van der Waals surface area (Å²) in [7, 11) is 0. The van der Waals surface area contributed by atoms with E-state index in [9.17, 15) is 4.79 Å². The van der Waals surface area contributed by atoms with E-state index in [-0.39, 0.29) is 12.6 Å². The molecule has 2 heterocycles. The van der Waals surface area contributed by atoms with E-state index in [0.717, 1.165) is 63.1 Å². The SMILES string of the molecule is CC(Nc1cc(C2CCN([C@@H]3CCCN(CC(=O)O)C3)CC2)ccc1Cl)c1ccc(Cl)cc1Cl. The van der Waals surface area contributed by atoms with Crippen LogP contribution in [0.25, 0.3) is 0 Å². The van der Waals surface area contributed by atoms with Crippen molar-refractivity contribution in [2.45, 2.75) is 50.6 Å². The summed E-state index contributed by atoms with van der Waals surface area (Å²) in [5.74, 6) is -0.249. The molecule has 2 aliphatic heterocycles. The van der Waals surface area contributed by atoms with Crippen molar-refractivity contribution < 1.29 is 9.90 Å². The minimum atomic E-state index is -0.737. The van der Waals surface area contributed by atoms with Gasteiger partial charge in [0.1, 0.15) is 0 Å². The number of hydrogen-bond acceptors (Lipinski definition) is 4. The number of carboxylic acids is 1. The second-order valence-electron chi connectivity index (χ2n) is 9.51. The quantitative estimate of drug-likeness (QED) is 0.430. The topological polar surface area (TPSA) is 55.8 Å². The van der Waals surface area contributed by atoms with Gasteiger partial charge >= 0.3 is 5.97 Å². The summed E-state index contributed by atoms with van der Waals surface area (Å²) in [6.45, 7) is 6.04. The van der Waals surface area contributed by atoms with Crippen LogP contribution in [0.1, 0.15) is 55.7 Å². The van der Waals surface area contributed by atoms with Crippen LogP contribution in [0.2, 0.25) is 15.1 Å². The molecule has 0 aromatic heterocycles. The lowest BCUT2D eigenvalue weighted by Gasteiger charge is -2.42. The first-order valence-electron chi connectivity index (χ1n) is 12.0. The van der Waals surface area contributed by atoms with Crippen LogP contribution in [-0.2, 0) is 4.79 Å². The van der Waals surface area contributed by atoms with Crippen molar-refractivity contribution in [3.63, 3.8) is 0 Å². The highest BCUT2D eigenvalue weighted by Crippen LogP contribution is 2.36. The molecule has 34 heavy (non-hydrogen) atoms. The first-order chi connectivity index (χ1) is 16.3. The van der Waals surface area contributed by atoms with Crippen LogP contribution in [0.4, 0.5) is 5.69 Å². The molecule has 2 aromatic carbocycles. The molecule has 2 saturated heterocycles. The fraction of sp³-hybridized carbons (Fsp3) is 0.500. The Bertz CT molecular complexity index is 1010. The predicted molar refractivity (Wildman–Crippen MR) is 141 cm³/mol. The van der Waals surface area contributed by atoms with E-state index in [0.29, 0.717) is 27.0 Å². The largest absolute Gasteiger partial charge is 0.480 e. The number of nitrogens with zero attached hydrogens (tertiary/aromatic N) is 2. The van der Waals surface area contributed by atoms with Gasteiger partial charge in [0.05, 0.1) is 23.3 Å². The van der Waals surface area contributed by atoms with E-state index in [2.05, 4.69) is 34.2 Å². The van der Waals surface area contributed by atoms with Gasteiger partial charge in [-0.05, 0) is 93.6 Å². The molecular formula is C26H32Cl3N3O2. The number of hydrogen-bond donors (Lipinski definition) is 2. The lowest BCUT2D eigenvalue weighted by atomic mass is 9.88. The molecule has 0 amide bonds. The van der Waals surface area contributed by atoms with Gasteiger partial charge in [0.2, 0.25) is 0 Å². The van der Waals surface area contributed by atoms with Crippen LogP contribution >= 0.6 is 34.8 Å². The number of benzene rings is 2. The van der Waals surface area contributed by atoms with Gasteiger partial charge in [-0.2, -0.15) is 0 Å². The highest BCUT2D eigenvalue weighted by atomic mass is 35.5. The minimum Gasteiger partial charge on any atom is -0.480 e. The number of aliphatic carboxylic acids is 1. The zero-order valence-electron chi connectivity index (χ0n) is 19.4. The second-order valence-corrected chi connectivity index (χ2v) is 10.8. The lowest BCUT2D eigenvalue weighted by molar-refractivity contribution is -0.138. The van der Waals surface area contributed by atoms with Crippen LogP contribution in [0.3, 0.4) is 0 Å². The Kier molecular flexibility index (Phi) is 8.65. The van der Waals surface area contributed by atoms with E-state index < -0.39 is 5.97 Å². The van der Waals surface area contributed by atoms with Gasteiger partial charge in [0, 0.05) is 22.6 Å². The Hall–Kier alpha value is -1.50. The summed E-state index contributed by atoms with van der Waals surface area (Å²) in [5.41, 5.74) is 3.19. The highest BCUT2D eigenvalue weighted by Gasteiger charge is 2.30. The monoisotopic (exact) mass is 523 g/mol. The maximum absolute atomic E-state index is 11.1. The standard InChI is InChI=1S/C26H32Cl3N3O2/c1-17(22-6-5-20(27)14-24(22)29)30-25-13-19(4-7-23(25)28)18-8-11-32(12-9-18)21-3-2-10-31(15-21)16-26(33)34/h4-7,13-14,17-18,21,30H,2-3,8-12,15-16H2,1H3,(H,33,34)/t17?,21-/m1/s1. The number of nitrogens with one attached hydrogen (secondary N) is 1. The van der Waals surface area contributed by atoms with Gasteiger partial charge in [-0.25, -0.2) is 0 Å². The molecular weight excluding hydrogens is 493 g/mol. The molecule has 2 aliphatic rings. The van der Waals surface area contributed by atoms with Crippen molar-refractivity contribution in [1.82, 2.24) is 9.80 Å². The predicted octanol–water partition coefficient (Wildman–Crippen LogP) is 6.55. The number of rotatable bonds is 7. The number of likely N-dealkylation sites (tertiary alicyclic amines) is 2. The molecule has 0 bridgehead atoms. The maximum Gasteiger partial charge on any atom is 0.317 e. The molecule has 0 radical (unpaired) electrons. The molecule has 5 nitrogen and oxygen atoms in total. The zero-order chi connectivity index (χ0) is 24.2. The van der Waals surface area contributed by atoms with E-state index >= 15 is 0 Å². The van der Waals surface area contributed by atoms with Gasteiger partial charge in [0.25, 0.3) is 0 Å². The summed E-state index contributed by atoms with van der Waals surface area (Å²) in [5, 5.41) is 14.6. The third kappa shape index (κ3) is 6.38. The average molecular weight is 525 g/mol. The molecule has 2 atom stereocenters. The maximum atomic E-state index is 11.1. The van der Waals surface area contributed by atoms with E-state index in [4.69, 9.17) is 39.9 Å². The summed E-state index contributed by atoms with van der Waals surface area (Å²) >= 11 is 19.0. The van der Waals surface area contributed by atoms with Crippen LogP contribution in [0.5, 0.6) is 0 Å². The number of carboxylic acid groups (broad SMARTS) is 1. The molecule has 2 aromatic rings. The van der Waals surface area contributed by atoms with Gasteiger partial charge in [0.15, 0.2) is 0 Å². The number of halogens is 3.